The van der Waals surface area contributed by atoms with Crippen LogP contribution in [0.25, 0.3) is 0 Å². The van der Waals surface area contributed by atoms with E-state index in [-0.39, 0.29) is 11.3 Å². The van der Waals surface area contributed by atoms with Crippen LogP contribution in [0.5, 0.6) is 0 Å². The molecule has 18 heavy (non-hydrogen) atoms. The van der Waals surface area contributed by atoms with Crippen molar-refractivity contribution in [2.24, 2.45) is 11.1 Å². The molecule has 0 bridgehead atoms. The maximum absolute atomic E-state index is 12.0. The highest BCUT2D eigenvalue weighted by Crippen LogP contribution is 2.45. The highest BCUT2D eigenvalue weighted by atomic mass is 32.2. The number of rotatable bonds is 5. The van der Waals surface area contributed by atoms with Crippen LogP contribution in [0.2, 0.25) is 0 Å². The van der Waals surface area contributed by atoms with Gasteiger partial charge in [-0.1, -0.05) is 13.8 Å². The Kier molecular flexibility index (Phi) is 3.97. The second kappa shape index (κ2) is 5.33. The van der Waals surface area contributed by atoms with Gasteiger partial charge in [0.15, 0.2) is 0 Å². The van der Waals surface area contributed by atoms with Crippen molar-refractivity contribution in [3.05, 3.63) is 24.3 Å². The van der Waals surface area contributed by atoms with Crippen molar-refractivity contribution in [2.45, 2.75) is 36.8 Å². The Balaban J connectivity index is 1.96. The van der Waals surface area contributed by atoms with Crippen molar-refractivity contribution in [3.63, 3.8) is 0 Å². The molecule has 0 atom stereocenters. The quantitative estimate of drug-likeness (QED) is 0.804. The molecule has 0 unspecified atom stereocenters. The van der Waals surface area contributed by atoms with E-state index in [2.05, 4.69) is 19.2 Å². The smallest absolute Gasteiger partial charge is 0.231 e. The number of nitrogens with one attached hydrogen (secondary N) is 1. The standard InChI is InChI=1S/C14H20N2OS/c1-10(2)18-12-5-3-11(4-6-12)16-13(17)14(9-15)7-8-14/h3-6,10H,7-9,15H2,1-2H3,(H,16,17). The molecule has 3 N–H and O–H groups in total. The summed E-state index contributed by atoms with van der Waals surface area (Å²) in [6, 6.07) is 8.00. The first-order chi connectivity index (χ1) is 8.55. The van der Waals surface area contributed by atoms with Crippen LogP contribution in [0, 0.1) is 5.41 Å². The molecule has 1 fully saturated rings. The molecule has 1 aliphatic rings. The fourth-order valence-corrected chi connectivity index (χ4v) is 2.66. The summed E-state index contributed by atoms with van der Waals surface area (Å²) in [5.41, 5.74) is 6.21. The summed E-state index contributed by atoms with van der Waals surface area (Å²) in [5.74, 6) is 0.0641. The molecule has 0 saturated heterocycles. The highest BCUT2D eigenvalue weighted by molar-refractivity contribution is 7.99. The lowest BCUT2D eigenvalue weighted by molar-refractivity contribution is -0.120. The van der Waals surface area contributed by atoms with Crippen LogP contribution < -0.4 is 11.1 Å². The Morgan fingerprint density at radius 1 is 1.39 bits per heavy atom. The van der Waals surface area contributed by atoms with Crippen LogP contribution in [-0.2, 0) is 4.79 Å². The van der Waals surface area contributed by atoms with Crippen LogP contribution in [0.4, 0.5) is 5.69 Å². The average molecular weight is 264 g/mol. The molecule has 0 aromatic heterocycles. The normalized spacial score (nSPS) is 16.7. The van der Waals surface area contributed by atoms with Crippen LogP contribution in [0.15, 0.2) is 29.2 Å². The third-order valence-electron chi connectivity index (χ3n) is 3.21. The lowest BCUT2D eigenvalue weighted by Gasteiger charge is -2.13. The van der Waals surface area contributed by atoms with E-state index in [9.17, 15) is 4.79 Å². The van der Waals surface area contributed by atoms with Crippen LogP contribution in [0.3, 0.4) is 0 Å². The SMILES string of the molecule is CC(C)Sc1ccc(NC(=O)C2(CN)CC2)cc1. The monoisotopic (exact) mass is 264 g/mol. The van der Waals surface area contributed by atoms with E-state index in [1.165, 1.54) is 4.90 Å². The van der Waals surface area contributed by atoms with Crippen molar-refractivity contribution in [3.8, 4) is 0 Å². The maximum Gasteiger partial charge on any atom is 0.231 e. The van der Waals surface area contributed by atoms with E-state index in [1.807, 2.05) is 36.0 Å². The van der Waals surface area contributed by atoms with Gasteiger partial charge in [0.25, 0.3) is 0 Å². The van der Waals surface area contributed by atoms with Gasteiger partial charge in [-0.3, -0.25) is 4.79 Å². The second-order valence-electron chi connectivity index (χ2n) is 5.13. The molecular formula is C14H20N2OS. The van der Waals surface area contributed by atoms with E-state index >= 15 is 0 Å². The first-order valence-electron chi connectivity index (χ1n) is 6.34. The molecule has 0 radical (unpaired) electrons. The Bertz CT molecular complexity index is 424. The van der Waals surface area contributed by atoms with Crippen molar-refractivity contribution >= 4 is 23.4 Å². The van der Waals surface area contributed by atoms with Gasteiger partial charge in [-0.15, -0.1) is 11.8 Å². The maximum atomic E-state index is 12.0. The zero-order valence-electron chi connectivity index (χ0n) is 10.9. The number of thioether (sulfide) groups is 1. The summed E-state index contributed by atoms with van der Waals surface area (Å²) in [6.45, 7) is 4.77. The third-order valence-corrected chi connectivity index (χ3v) is 4.23. The summed E-state index contributed by atoms with van der Waals surface area (Å²) in [5, 5.41) is 3.52. The minimum atomic E-state index is -0.286. The van der Waals surface area contributed by atoms with Crippen molar-refractivity contribution < 1.29 is 4.79 Å². The van der Waals surface area contributed by atoms with Gasteiger partial charge in [0, 0.05) is 22.4 Å². The number of anilines is 1. The molecule has 98 valence electrons. The van der Waals surface area contributed by atoms with Crippen LogP contribution >= 0.6 is 11.8 Å². The molecule has 3 nitrogen and oxygen atoms in total. The number of benzene rings is 1. The molecule has 1 aromatic carbocycles. The molecule has 4 heteroatoms. The van der Waals surface area contributed by atoms with Gasteiger partial charge in [0.05, 0.1) is 5.41 Å². The summed E-state index contributed by atoms with van der Waals surface area (Å²) in [7, 11) is 0. The Morgan fingerprint density at radius 3 is 2.44 bits per heavy atom. The summed E-state index contributed by atoms with van der Waals surface area (Å²) >= 11 is 1.82. The highest BCUT2D eigenvalue weighted by Gasteiger charge is 2.48. The van der Waals surface area contributed by atoms with Gasteiger partial charge < -0.3 is 11.1 Å². The molecule has 0 heterocycles. The van der Waals surface area contributed by atoms with E-state index < -0.39 is 0 Å². The van der Waals surface area contributed by atoms with Crippen molar-refractivity contribution in [1.29, 1.82) is 0 Å². The van der Waals surface area contributed by atoms with Gasteiger partial charge in [0.1, 0.15) is 0 Å². The largest absolute Gasteiger partial charge is 0.329 e. The molecule has 1 saturated carbocycles. The third kappa shape index (κ3) is 3.06. The molecule has 1 amide bonds. The number of carbonyl (C=O) groups excluding carboxylic acids is 1. The number of hydrogen-bond donors (Lipinski definition) is 2. The Hall–Kier alpha value is -1.00. The number of carbonyl (C=O) groups is 1. The Morgan fingerprint density at radius 2 is 2.00 bits per heavy atom. The fraction of sp³-hybridized carbons (Fsp3) is 0.500. The number of hydrogen-bond acceptors (Lipinski definition) is 3. The van der Waals surface area contributed by atoms with Gasteiger partial charge in [-0.25, -0.2) is 0 Å². The lowest BCUT2D eigenvalue weighted by Crippen LogP contribution is -2.30. The van der Waals surface area contributed by atoms with Crippen molar-refractivity contribution in [1.82, 2.24) is 0 Å². The van der Waals surface area contributed by atoms with E-state index in [4.69, 9.17) is 5.73 Å². The predicted molar refractivity (Wildman–Crippen MR) is 76.8 cm³/mol. The molecule has 1 aliphatic carbocycles. The number of nitrogens with two attached hydrogens (primary N) is 1. The summed E-state index contributed by atoms with van der Waals surface area (Å²) < 4.78 is 0. The summed E-state index contributed by atoms with van der Waals surface area (Å²) in [6.07, 6.45) is 1.83. The van der Waals surface area contributed by atoms with E-state index in [1.54, 1.807) is 0 Å². The molecule has 0 aliphatic heterocycles. The second-order valence-corrected chi connectivity index (χ2v) is 6.78. The van der Waals surface area contributed by atoms with Gasteiger partial charge in [0.2, 0.25) is 5.91 Å². The Labute approximate surface area is 113 Å². The van der Waals surface area contributed by atoms with Gasteiger partial charge >= 0.3 is 0 Å². The first kappa shape index (κ1) is 13.4. The predicted octanol–water partition coefficient (Wildman–Crippen LogP) is 2.86. The van der Waals surface area contributed by atoms with Crippen LogP contribution in [-0.4, -0.2) is 17.7 Å². The van der Waals surface area contributed by atoms with E-state index in [0.29, 0.717) is 11.8 Å². The first-order valence-corrected chi connectivity index (χ1v) is 7.22. The lowest BCUT2D eigenvalue weighted by atomic mass is 10.1. The fourth-order valence-electron chi connectivity index (χ4n) is 1.83. The molecule has 2 rings (SSSR count). The zero-order chi connectivity index (χ0) is 13.2. The van der Waals surface area contributed by atoms with Gasteiger partial charge in [-0.2, -0.15) is 0 Å². The van der Waals surface area contributed by atoms with Crippen LogP contribution in [0.1, 0.15) is 26.7 Å². The molecule has 0 spiro atoms. The van der Waals surface area contributed by atoms with Crippen molar-refractivity contribution in [2.75, 3.05) is 11.9 Å². The average Bonchev–Trinajstić information content (AvgIpc) is 3.12. The molecule has 1 aromatic rings. The minimum Gasteiger partial charge on any atom is -0.329 e. The summed E-state index contributed by atoms with van der Waals surface area (Å²) in [4.78, 5) is 13.2. The molecular weight excluding hydrogens is 244 g/mol. The zero-order valence-corrected chi connectivity index (χ0v) is 11.7. The van der Waals surface area contributed by atoms with Gasteiger partial charge in [-0.05, 0) is 37.1 Å². The topological polar surface area (TPSA) is 55.1 Å². The minimum absolute atomic E-state index is 0.0641. The number of amides is 1. The van der Waals surface area contributed by atoms with E-state index in [0.717, 1.165) is 18.5 Å².